The zero-order valence-electron chi connectivity index (χ0n) is 14.5. The summed E-state index contributed by atoms with van der Waals surface area (Å²) in [5.41, 5.74) is -0.856. The van der Waals surface area contributed by atoms with Crippen LogP contribution in [0.1, 0.15) is 44.9 Å². The van der Waals surface area contributed by atoms with Crippen LogP contribution in [0.3, 0.4) is 0 Å². The fourth-order valence-corrected chi connectivity index (χ4v) is 5.46. The SMILES string of the molecule is COC(=O)[C@@H]1N[C@H](C2CCCCC2)C2C(=O)C=C[C@@]3(CCC(=O)O3)C21. The Labute approximate surface area is 147 Å². The molecule has 1 saturated carbocycles. The fourth-order valence-electron chi connectivity index (χ4n) is 5.46. The molecular weight excluding hydrogens is 322 g/mol. The Morgan fingerprint density at radius 1 is 1.28 bits per heavy atom. The lowest BCUT2D eigenvalue weighted by Crippen LogP contribution is -2.51. The van der Waals surface area contributed by atoms with Gasteiger partial charge in [0.15, 0.2) is 5.78 Å². The number of esters is 2. The summed E-state index contributed by atoms with van der Waals surface area (Å²) in [6.45, 7) is 0. The molecule has 2 saturated heterocycles. The van der Waals surface area contributed by atoms with Crippen molar-refractivity contribution in [2.45, 2.75) is 62.6 Å². The molecule has 2 aliphatic carbocycles. The molecule has 0 aromatic heterocycles. The van der Waals surface area contributed by atoms with Crippen LogP contribution in [0.2, 0.25) is 0 Å². The number of ketones is 1. The number of hydrogen-bond acceptors (Lipinski definition) is 6. The van der Waals surface area contributed by atoms with Gasteiger partial charge >= 0.3 is 11.9 Å². The number of hydrogen-bond donors (Lipinski definition) is 1. The molecule has 136 valence electrons. The highest BCUT2D eigenvalue weighted by molar-refractivity contribution is 5.96. The van der Waals surface area contributed by atoms with Crippen LogP contribution in [0.25, 0.3) is 0 Å². The highest BCUT2D eigenvalue weighted by atomic mass is 16.6. The Bertz CT molecular complexity index is 623. The molecule has 5 atom stereocenters. The monoisotopic (exact) mass is 347 g/mol. The zero-order chi connectivity index (χ0) is 17.6. The first-order valence-electron chi connectivity index (χ1n) is 9.34. The van der Waals surface area contributed by atoms with Crippen molar-refractivity contribution in [2.24, 2.45) is 17.8 Å². The second kappa shape index (κ2) is 6.24. The van der Waals surface area contributed by atoms with E-state index in [1.807, 2.05) is 0 Å². The van der Waals surface area contributed by atoms with Gasteiger partial charge in [-0.25, -0.2) is 0 Å². The molecule has 0 bridgehead atoms. The third kappa shape index (κ3) is 2.62. The Kier molecular flexibility index (Phi) is 4.18. The van der Waals surface area contributed by atoms with Gasteiger partial charge in [-0.3, -0.25) is 14.4 Å². The van der Waals surface area contributed by atoms with Crippen LogP contribution in [0.15, 0.2) is 12.2 Å². The molecule has 1 N–H and O–H groups in total. The molecule has 2 heterocycles. The third-order valence-electron chi connectivity index (χ3n) is 6.56. The van der Waals surface area contributed by atoms with E-state index in [0.29, 0.717) is 18.8 Å². The molecule has 6 heteroatoms. The van der Waals surface area contributed by atoms with E-state index in [1.165, 1.54) is 13.5 Å². The number of carbonyl (C=O) groups excluding carboxylic acids is 3. The molecule has 2 unspecified atom stereocenters. The van der Waals surface area contributed by atoms with Gasteiger partial charge < -0.3 is 14.8 Å². The van der Waals surface area contributed by atoms with Gasteiger partial charge in [0.05, 0.1) is 7.11 Å². The molecule has 3 fully saturated rings. The highest BCUT2D eigenvalue weighted by Gasteiger charge is 2.63. The second-order valence-corrected chi connectivity index (χ2v) is 7.81. The molecule has 4 rings (SSSR count). The maximum atomic E-state index is 12.8. The summed E-state index contributed by atoms with van der Waals surface area (Å²) in [5.74, 6) is -0.936. The smallest absolute Gasteiger partial charge is 0.323 e. The molecule has 0 aromatic rings. The predicted octanol–water partition coefficient (Wildman–Crippen LogP) is 1.53. The molecule has 6 nitrogen and oxygen atoms in total. The van der Waals surface area contributed by atoms with Gasteiger partial charge in [0, 0.05) is 30.7 Å². The Morgan fingerprint density at radius 2 is 2.04 bits per heavy atom. The first-order chi connectivity index (χ1) is 12.1. The summed E-state index contributed by atoms with van der Waals surface area (Å²) in [5, 5.41) is 3.42. The van der Waals surface area contributed by atoms with E-state index in [2.05, 4.69) is 5.32 Å². The maximum absolute atomic E-state index is 12.8. The van der Waals surface area contributed by atoms with Gasteiger partial charge in [0.1, 0.15) is 11.6 Å². The Morgan fingerprint density at radius 3 is 2.68 bits per heavy atom. The number of ether oxygens (including phenoxy) is 2. The van der Waals surface area contributed by atoms with Crippen molar-refractivity contribution in [3.63, 3.8) is 0 Å². The van der Waals surface area contributed by atoms with E-state index < -0.39 is 11.6 Å². The maximum Gasteiger partial charge on any atom is 0.323 e. The summed E-state index contributed by atoms with van der Waals surface area (Å²) < 4.78 is 10.7. The zero-order valence-corrected chi connectivity index (χ0v) is 14.5. The summed E-state index contributed by atoms with van der Waals surface area (Å²) >= 11 is 0. The van der Waals surface area contributed by atoms with Gasteiger partial charge in [-0.2, -0.15) is 0 Å². The Balaban J connectivity index is 1.73. The normalized spacial score (nSPS) is 41.0. The quantitative estimate of drug-likeness (QED) is 0.763. The van der Waals surface area contributed by atoms with Crippen LogP contribution in [0.4, 0.5) is 0 Å². The van der Waals surface area contributed by atoms with Crippen molar-refractivity contribution in [3.8, 4) is 0 Å². The number of allylic oxidation sites excluding steroid dienone is 1. The first-order valence-corrected chi connectivity index (χ1v) is 9.34. The van der Waals surface area contributed by atoms with E-state index in [0.717, 1.165) is 25.7 Å². The fraction of sp³-hybridized carbons (Fsp3) is 0.737. The number of rotatable bonds is 2. The van der Waals surface area contributed by atoms with Crippen molar-refractivity contribution in [1.82, 2.24) is 5.32 Å². The molecule has 4 aliphatic rings. The molecular formula is C19H25NO5. The molecule has 0 aromatic carbocycles. The molecule has 0 amide bonds. The van der Waals surface area contributed by atoms with Gasteiger partial charge in [0.2, 0.25) is 0 Å². The second-order valence-electron chi connectivity index (χ2n) is 7.81. The van der Waals surface area contributed by atoms with Gasteiger partial charge in [-0.15, -0.1) is 0 Å². The van der Waals surface area contributed by atoms with E-state index in [-0.39, 0.29) is 35.6 Å². The lowest BCUT2D eigenvalue weighted by molar-refractivity contribution is -0.157. The third-order valence-corrected chi connectivity index (χ3v) is 6.56. The van der Waals surface area contributed by atoms with Crippen molar-refractivity contribution in [2.75, 3.05) is 7.11 Å². The lowest BCUT2D eigenvalue weighted by Gasteiger charge is -2.40. The molecule has 0 radical (unpaired) electrons. The van der Waals surface area contributed by atoms with Crippen molar-refractivity contribution >= 4 is 17.7 Å². The molecule has 2 aliphatic heterocycles. The minimum absolute atomic E-state index is 0.0352. The first kappa shape index (κ1) is 16.8. The van der Waals surface area contributed by atoms with E-state index >= 15 is 0 Å². The number of fused-ring (bicyclic) bond motifs is 2. The van der Waals surface area contributed by atoms with E-state index in [4.69, 9.17) is 9.47 Å². The van der Waals surface area contributed by atoms with E-state index in [1.54, 1.807) is 12.2 Å². The van der Waals surface area contributed by atoms with Crippen LogP contribution in [-0.2, 0) is 23.9 Å². The lowest BCUT2D eigenvalue weighted by atomic mass is 9.65. The summed E-state index contributed by atoms with van der Waals surface area (Å²) in [6.07, 6.45) is 9.80. The molecule has 1 spiro atoms. The minimum atomic E-state index is -0.856. The number of methoxy groups -OCH3 is 1. The topological polar surface area (TPSA) is 81.7 Å². The van der Waals surface area contributed by atoms with Crippen LogP contribution in [0, 0.1) is 17.8 Å². The highest BCUT2D eigenvalue weighted by Crippen LogP contribution is 2.50. The van der Waals surface area contributed by atoms with Gasteiger partial charge in [-0.1, -0.05) is 19.3 Å². The van der Waals surface area contributed by atoms with Crippen LogP contribution < -0.4 is 5.32 Å². The van der Waals surface area contributed by atoms with Crippen LogP contribution in [-0.4, -0.2) is 42.5 Å². The van der Waals surface area contributed by atoms with E-state index in [9.17, 15) is 14.4 Å². The minimum Gasteiger partial charge on any atom is -0.468 e. The van der Waals surface area contributed by atoms with Gasteiger partial charge in [0.25, 0.3) is 0 Å². The predicted molar refractivity (Wildman–Crippen MR) is 88.5 cm³/mol. The Hall–Kier alpha value is -1.69. The van der Waals surface area contributed by atoms with Crippen LogP contribution in [0.5, 0.6) is 0 Å². The average Bonchev–Trinajstić information content (AvgIpc) is 3.21. The summed E-state index contributed by atoms with van der Waals surface area (Å²) in [4.78, 5) is 37.1. The molecule has 25 heavy (non-hydrogen) atoms. The van der Waals surface area contributed by atoms with Crippen molar-refractivity contribution < 1.29 is 23.9 Å². The standard InChI is InChI=1S/C19H25NO5/c1-24-18(23)17-15-14(16(20-17)11-5-3-2-4-6-11)12(21)7-9-19(15)10-8-13(22)25-19/h7,9,11,14-17,20H,2-6,8,10H2,1H3/t14?,15?,16-,17-,19-/m1/s1. The average molecular weight is 347 g/mol. The number of nitrogens with one attached hydrogen (secondary N) is 1. The summed E-state index contributed by atoms with van der Waals surface area (Å²) in [6, 6.07) is -0.662. The van der Waals surface area contributed by atoms with Gasteiger partial charge in [-0.05, 0) is 30.9 Å². The number of carbonyl (C=O) groups is 3. The summed E-state index contributed by atoms with van der Waals surface area (Å²) in [7, 11) is 1.36. The van der Waals surface area contributed by atoms with Crippen LogP contribution >= 0.6 is 0 Å². The van der Waals surface area contributed by atoms with Crippen molar-refractivity contribution in [1.29, 1.82) is 0 Å². The van der Waals surface area contributed by atoms with Crippen molar-refractivity contribution in [3.05, 3.63) is 12.2 Å². The largest absolute Gasteiger partial charge is 0.468 e.